The van der Waals surface area contributed by atoms with Crippen LogP contribution in [0.4, 0.5) is 5.69 Å². The second-order valence-electron chi connectivity index (χ2n) is 4.55. The Morgan fingerprint density at radius 2 is 2.35 bits per heavy atom. The summed E-state index contributed by atoms with van der Waals surface area (Å²) in [6.07, 6.45) is 3.77. The number of hydrogen-bond acceptors (Lipinski definition) is 4. The average molecular weight is 235 g/mol. The smallest absolute Gasteiger partial charge is 0.0589 e. The molecule has 4 nitrogen and oxygen atoms in total. The molecule has 4 heteroatoms. The predicted octanol–water partition coefficient (Wildman–Crippen LogP) is 1.24. The summed E-state index contributed by atoms with van der Waals surface area (Å²) in [5.41, 5.74) is 1.23. The Bertz CT molecular complexity index is 331. The summed E-state index contributed by atoms with van der Waals surface area (Å²) in [6, 6.07) is 4.66. The van der Waals surface area contributed by atoms with Crippen LogP contribution >= 0.6 is 0 Å². The van der Waals surface area contributed by atoms with Crippen LogP contribution in [0.15, 0.2) is 24.5 Å². The van der Waals surface area contributed by atoms with Gasteiger partial charge in [0.15, 0.2) is 0 Å². The number of rotatable bonds is 4. The van der Waals surface area contributed by atoms with Crippen LogP contribution in [-0.4, -0.2) is 55.8 Å². The highest BCUT2D eigenvalue weighted by molar-refractivity contribution is 5.45. The van der Waals surface area contributed by atoms with Gasteiger partial charge >= 0.3 is 0 Å². The largest absolute Gasteiger partial charge is 0.383 e. The maximum atomic E-state index is 5.13. The van der Waals surface area contributed by atoms with Crippen LogP contribution < -0.4 is 4.90 Å². The number of nitrogens with zero attached hydrogens (tertiary/aromatic N) is 3. The summed E-state index contributed by atoms with van der Waals surface area (Å²) >= 11 is 0. The minimum atomic E-state index is 0.532. The third-order valence-corrected chi connectivity index (χ3v) is 3.30. The predicted molar refractivity (Wildman–Crippen MR) is 69.4 cm³/mol. The van der Waals surface area contributed by atoms with Gasteiger partial charge in [0.05, 0.1) is 18.5 Å². The summed E-state index contributed by atoms with van der Waals surface area (Å²) < 4.78 is 5.13. The molecule has 1 unspecified atom stereocenters. The van der Waals surface area contributed by atoms with E-state index in [4.69, 9.17) is 4.74 Å². The van der Waals surface area contributed by atoms with E-state index in [1.807, 2.05) is 18.5 Å². The first kappa shape index (κ1) is 12.3. The average Bonchev–Trinajstić information content (AvgIpc) is 2.37. The third-order valence-electron chi connectivity index (χ3n) is 3.30. The van der Waals surface area contributed by atoms with Gasteiger partial charge in [-0.1, -0.05) is 0 Å². The van der Waals surface area contributed by atoms with E-state index in [-0.39, 0.29) is 0 Å². The fraction of sp³-hybridized carbons (Fsp3) is 0.615. The Balaban J connectivity index is 1.92. The molecule has 0 spiro atoms. The lowest BCUT2D eigenvalue weighted by atomic mass is 10.1. The van der Waals surface area contributed by atoms with E-state index in [2.05, 4.69) is 27.8 Å². The zero-order valence-electron chi connectivity index (χ0n) is 10.7. The van der Waals surface area contributed by atoms with Gasteiger partial charge in [-0.25, -0.2) is 0 Å². The zero-order valence-corrected chi connectivity index (χ0v) is 10.7. The first-order chi connectivity index (χ1) is 8.31. The first-order valence-electron chi connectivity index (χ1n) is 6.19. The Morgan fingerprint density at radius 1 is 1.47 bits per heavy atom. The molecule has 0 N–H and O–H groups in total. The van der Waals surface area contributed by atoms with Crippen LogP contribution in [0.2, 0.25) is 0 Å². The summed E-state index contributed by atoms with van der Waals surface area (Å²) in [5.74, 6) is 0. The molecule has 1 atom stereocenters. The van der Waals surface area contributed by atoms with Crippen LogP contribution in [0.3, 0.4) is 0 Å². The van der Waals surface area contributed by atoms with E-state index in [0.717, 1.165) is 32.8 Å². The maximum absolute atomic E-state index is 5.13. The molecule has 0 aromatic carbocycles. The van der Waals surface area contributed by atoms with Crippen LogP contribution in [0.25, 0.3) is 0 Å². The molecule has 1 saturated heterocycles. The summed E-state index contributed by atoms with van der Waals surface area (Å²) in [5, 5.41) is 0. The fourth-order valence-corrected chi connectivity index (χ4v) is 2.36. The molecule has 94 valence electrons. The molecular weight excluding hydrogens is 214 g/mol. The number of ether oxygens (including phenoxy) is 1. The van der Waals surface area contributed by atoms with Crippen molar-refractivity contribution in [1.82, 2.24) is 9.88 Å². The highest BCUT2D eigenvalue weighted by Gasteiger charge is 2.23. The van der Waals surface area contributed by atoms with E-state index in [1.165, 1.54) is 5.69 Å². The van der Waals surface area contributed by atoms with Crippen molar-refractivity contribution in [2.24, 2.45) is 0 Å². The molecule has 0 aliphatic carbocycles. The lowest BCUT2D eigenvalue weighted by molar-refractivity contribution is 0.136. The Hall–Kier alpha value is -1.13. The highest BCUT2D eigenvalue weighted by Crippen LogP contribution is 2.18. The van der Waals surface area contributed by atoms with Gasteiger partial charge < -0.3 is 9.64 Å². The van der Waals surface area contributed by atoms with Gasteiger partial charge in [-0.2, -0.15) is 0 Å². The molecule has 1 aromatic rings. The number of methoxy groups -OCH3 is 1. The Labute approximate surface area is 103 Å². The van der Waals surface area contributed by atoms with Gasteiger partial charge in [0, 0.05) is 45.5 Å². The second-order valence-corrected chi connectivity index (χ2v) is 4.55. The summed E-state index contributed by atoms with van der Waals surface area (Å²) in [6.45, 7) is 7.38. The Morgan fingerprint density at radius 3 is 3.00 bits per heavy atom. The SMILES string of the molecule is COCCN1CCN(c2cccnc2)C(C)C1. The Kier molecular flexibility index (Phi) is 4.34. The van der Waals surface area contributed by atoms with E-state index >= 15 is 0 Å². The first-order valence-corrected chi connectivity index (χ1v) is 6.19. The van der Waals surface area contributed by atoms with E-state index in [9.17, 15) is 0 Å². The topological polar surface area (TPSA) is 28.6 Å². The standard InChI is InChI=1S/C13H21N3O/c1-12-11-15(8-9-17-2)6-7-16(12)13-4-3-5-14-10-13/h3-5,10,12H,6-9,11H2,1-2H3. The molecule has 1 fully saturated rings. The molecule has 2 heterocycles. The van der Waals surface area contributed by atoms with E-state index in [0.29, 0.717) is 6.04 Å². The number of aromatic nitrogens is 1. The van der Waals surface area contributed by atoms with Crippen molar-refractivity contribution in [2.45, 2.75) is 13.0 Å². The monoisotopic (exact) mass is 235 g/mol. The molecule has 0 amide bonds. The molecule has 0 radical (unpaired) electrons. The van der Waals surface area contributed by atoms with Gasteiger partial charge in [-0.05, 0) is 19.1 Å². The molecule has 1 aliphatic rings. The van der Waals surface area contributed by atoms with Crippen molar-refractivity contribution in [3.8, 4) is 0 Å². The van der Waals surface area contributed by atoms with Gasteiger partial charge in [-0.15, -0.1) is 0 Å². The highest BCUT2D eigenvalue weighted by atomic mass is 16.5. The van der Waals surface area contributed by atoms with Gasteiger partial charge in [0.25, 0.3) is 0 Å². The lowest BCUT2D eigenvalue weighted by Crippen LogP contribution is -2.52. The van der Waals surface area contributed by atoms with Gasteiger partial charge in [0.1, 0.15) is 0 Å². The zero-order chi connectivity index (χ0) is 12.1. The van der Waals surface area contributed by atoms with Crippen molar-refractivity contribution >= 4 is 5.69 Å². The fourth-order valence-electron chi connectivity index (χ4n) is 2.36. The van der Waals surface area contributed by atoms with Crippen molar-refractivity contribution in [3.05, 3.63) is 24.5 Å². The van der Waals surface area contributed by atoms with Crippen molar-refractivity contribution in [3.63, 3.8) is 0 Å². The number of piperazine rings is 1. The molecule has 1 aliphatic heterocycles. The molecule has 0 bridgehead atoms. The minimum Gasteiger partial charge on any atom is -0.383 e. The van der Waals surface area contributed by atoms with Crippen molar-refractivity contribution < 1.29 is 4.74 Å². The molecule has 0 saturated carbocycles. The van der Waals surface area contributed by atoms with E-state index < -0.39 is 0 Å². The van der Waals surface area contributed by atoms with Crippen LogP contribution in [0, 0.1) is 0 Å². The van der Waals surface area contributed by atoms with Crippen LogP contribution in [-0.2, 0) is 4.74 Å². The number of pyridine rings is 1. The van der Waals surface area contributed by atoms with Gasteiger partial charge in [0.2, 0.25) is 0 Å². The summed E-state index contributed by atoms with van der Waals surface area (Å²) in [7, 11) is 1.76. The molecule has 17 heavy (non-hydrogen) atoms. The molecular formula is C13H21N3O. The second kappa shape index (κ2) is 5.98. The normalized spacial score (nSPS) is 21.8. The summed E-state index contributed by atoms with van der Waals surface area (Å²) in [4.78, 5) is 9.07. The van der Waals surface area contributed by atoms with Crippen molar-refractivity contribution in [1.29, 1.82) is 0 Å². The van der Waals surface area contributed by atoms with Crippen LogP contribution in [0.1, 0.15) is 6.92 Å². The maximum Gasteiger partial charge on any atom is 0.0589 e. The number of anilines is 1. The minimum absolute atomic E-state index is 0.532. The number of hydrogen-bond donors (Lipinski definition) is 0. The van der Waals surface area contributed by atoms with Gasteiger partial charge in [-0.3, -0.25) is 9.88 Å². The van der Waals surface area contributed by atoms with E-state index in [1.54, 1.807) is 7.11 Å². The van der Waals surface area contributed by atoms with Crippen LogP contribution in [0.5, 0.6) is 0 Å². The lowest BCUT2D eigenvalue weighted by Gasteiger charge is -2.41. The van der Waals surface area contributed by atoms with Crippen molar-refractivity contribution in [2.75, 3.05) is 44.8 Å². The molecule has 2 rings (SSSR count). The molecule has 1 aromatic heterocycles. The quantitative estimate of drug-likeness (QED) is 0.785. The third kappa shape index (κ3) is 3.17.